The summed E-state index contributed by atoms with van der Waals surface area (Å²) < 4.78 is 5.37. The van der Waals surface area contributed by atoms with Crippen molar-refractivity contribution in [2.24, 2.45) is 17.8 Å². The van der Waals surface area contributed by atoms with Gasteiger partial charge >= 0.3 is 5.97 Å². The number of furan rings is 1. The van der Waals surface area contributed by atoms with Crippen LogP contribution in [0.2, 0.25) is 0 Å². The largest absolute Gasteiger partial charge is 0.478 e. The lowest BCUT2D eigenvalue weighted by atomic mass is 9.85. The van der Waals surface area contributed by atoms with Gasteiger partial charge in [-0.3, -0.25) is 4.79 Å². The first-order valence-electron chi connectivity index (χ1n) is 8.16. The molecule has 2 aliphatic rings. The van der Waals surface area contributed by atoms with Crippen LogP contribution in [0.4, 0.5) is 0 Å². The van der Waals surface area contributed by atoms with Crippen molar-refractivity contribution in [2.75, 3.05) is 0 Å². The number of hydrogen-bond acceptors (Lipinski definition) is 3. The van der Waals surface area contributed by atoms with Crippen LogP contribution in [0, 0.1) is 24.7 Å². The Morgan fingerprint density at radius 3 is 2.68 bits per heavy atom. The maximum absolute atomic E-state index is 12.2. The van der Waals surface area contributed by atoms with Crippen molar-refractivity contribution in [3.8, 4) is 0 Å². The van der Waals surface area contributed by atoms with Crippen molar-refractivity contribution >= 4 is 11.9 Å². The topological polar surface area (TPSA) is 79.5 Å². The molecule has 1 amide bonds. The second-order valence-corrected chi connectivity index (χ2v) is 6.61. The molecular formula is C17H23NO4. The lowest BCUT2D eigenvalue weighted by Gasteiger charge is -2.21. The van der Waals surface area contributed by atoms with E-state index < -0.39 is 5.97 Å². The van der Waals surface area contributed by atoms with Crippen molar-refractivity contribution in [1.82, 2.24) is 5.32 Å². The maximum atomic E-state index is 12.2. The van der Waals surface area contributed by atoms with Gasteiger partial charge in [-0.05, 0) is 31.2 Å². The van der Waals surface area contributed by atoms with Crippen molar-refractivity contribution in [1.29, 1.82) is 0 Å². The molecule has 1 aromatic rings. The SMILES string of the molecule is Cc1oc(CNC(=O)C2CC2C2CCCCC2)cc1C(=O)O. The lowest BCUT2D eigenvalue weighted by Crippen LogP contribution is -2.26. The Hall–Kier alpha value is -1.78. The minimum absolute atomic E-state index is 0.0847. The van der Waals surface area contributed by atoms with Gasteiger partial charge in [-0.25, -0.2) is 4.79 Å². The molecule has 2 aliphatic carbocycles. The summed E-state index contributed by atoms with van der Waals surface area (Å²) in [5.41, 5.74) is 0.163. The Morgan fingerprint density at radius 1 is 1.32 bits per heavy atom. The number of nitrogens with one attached hydrogen (secondary N) is 1. The summed E-state index contributed by atoms with van der Waals surface area (Å²) in [6.45, 7) is 1.88. The molecule has 0 saturated heterocycles. The fraction of sp³-hybridized carbons (Fsp3) is 0.647. The Morgan fingerprint density at radius 2 is 2.05 bits per heavy atom. The Labute approximate surface area is 130 Å². The van der Waals surface area contributed by atoms with Crippen LogP contribution in [-0.4, -0.2) is 17.0 Å². The standard InChI is InChI=1S/C17H23NO4/c1-10-13(17(20)21)7-12(22-10)9-18-16(19)15-8-14(15)11-5-3-2-4-6-11/h7,11,14-15H,2-6,8-9H2,1H3,(H,18,19)(H,20,21). The van der Waals surface area contributed by atoms with E-state index >= 15 is 0 Å². The number of aromatic carboxylic acids is 1. The Balaban J connectivity index is 1.49. The van der Waals surface area contributed by atoms with Gasteiger partial charge in [-0.15, -0.1) is 0 Å². The molecule has 2 saturated carbocycles. The number of aryl methyl sites for hydroxylation is 1. The van der Waals surface area contributed by atoms with Gasteiger partial charge in [-0.1, -0.05) is 32.1 Å². The highest BCUT2D eigenvalue weighted by Gasteiger charge is 2.47. The van der Waals surface area contributed by atoms with Gasteiger partial charge in [0.1, 0.15) is 17.1 Å². The molecule has 0 bridgehead atoms. The van der Waals surface area contributed by atoms with E-state index in [0.29, 0.717) is 17.4 Å². The molecule has 2 N–H and O–H groups in total. The van der Waals surface area contributed by atoms with Crippen LogP contribution in [0.5, 0.6) is 0 Å². The average molecular weight is 305 g/mol. The van der Waals surface area contributed by atoms with Crippen LogP contribution in [0.25, 0.3) is 0 Å². The lowest BCUT2D eigenvalue weighted by molar-refractivity contribution is -0.123. The molecule has 0 radical (unpaired) electrons. The summed E-state index contributed by atoms with van der Waals surface area (Å²) in [5, 5.41) is 11.9. The summed E-state index contributed by atoms with van der Waals surface area (Å²) in [7, 11) is 0. The van der Waals surface area contributed by atoms with Crippen LogP contribution >= 0.6 is 0 Å². The van der Waals surface area contributed by atoms with Crippen molar-refractivity contribution in [3.05, 3.63) is 23.2 Å². The fourth-order valence-electron chi connectivity index (χ4n) is 3.75. The molecule has 0 aliphatic heterocycles. The molecule has 120 valence electrons. The molecule has 3 rings (SSSR count). The van der Waals surface area contributed by atoms with E-state index in [-0.39, 0.29) is 23.9 Å². The van der Waals surface area contributed by atoms with Gasteiger partial charge < -0.3 is 14.8 Å². The molecular weight excluding hydrogens is 282 g/mol. The second-order valence-electron chi connectivity index (χ2n) is 6.61. The van der Waals surface area contributed by atoms with Crippen molar-refractivity contribution in [3.63, 3.8) is 0 Å². The number of amides is 1. The van der Waals surface area contributed by atoms with Gasteiger partial charge in [0.25, 0.3) is 0 Å². The zero-order valence-electron chi connectivity index (χ0n) is 12.9. The molecule has 1 heterocycles. The quantitative estimate of drug-likeness (QED) is 0.876. The van der Waals surface area contributed by atoms with Crippen LogP contribution < -0.4 is 5.32 Å². The predicted octanol–water partition coefficient (Wildman–Crippen LogP) is 3.12. The van der Waals surface area contributed by atoms with Gasteiger partial charge in [0.15, 0.2) is 0 Å². The van der Waals surface area contributed by atoms with Crippen LogP contribution in [0.15, 0.2) is 10.5 Å². The smallest absolute Gasteiger partial charge is 0.339 e. The van der Waals surface area contributed by atoms with E-state index in [1.807, 2.05) is 0 Å². The molecule has 2 atom stereocenters. The average Bonchev–Trinajstić information content (AvgIpc) is 3.22. The summed E-state index contributed by atoms with van der Waals surface area (Å²) in [5.74, 6) is 1.40. The number of carbonyl (C=O) groups is 2. The third kappa shape index (κ3) is 3.18. The molecule has 1 aromatic heterocycles. The Kier molecular flexibility index (Phi) is 4.23. The fourth-order valence-corrected chi connectivity index (χ4v) is 3.75. The van der Waals surface area contributed by atoms with Gasteiger partial charge in [0.05, 0.1) is 6.54 Å². The molecule has 0 spiro atoms. The summed E-state index contributed by atoms with van der Waals surface area (Å²) in [6.07, 6.45) is 7.50. The van der Waals surface area contributed by atoms with Gasteiger partial charge in [0, 0.05) is 5.92 Å². The molecule has 2 fully saturated rings. The van der Waals surface area contributed by atoms with Crippen molar-refractivity contribution < 1.29 is 19.1 Å². The van der Waals surface area contributed by atoms with Crippen LogP contribution in [0.3, 0.4) is 0 Å². The predicted molar refractivity (Wildman–Crippen MR) is 80.4 cm³/mol. The Bertz CT molecular complexity index is 571. The molecule has 0 aromatic carbocycles. The van der Waals surface area contributed by atoms with E-state index in [1.165, 1.54) is 38.2 Å². The zero-order valence-corrected chi connectivity index (χ0v) is 12.9. The maximum Gasteiger partial charge on any atom is 0.339 e. The van der Waals surface area contributed by atoms with Gasteiger partial charge in [0.2, 0.25) is 5.91 Å². The van der Waals surface area contributed by atoms with Crippen molar-refractivity contribution in [2.45, 2.75) is 52.0 Å². The summed E-state index contributed by atoms with van der Waals surface area (Å²) in [6, 6.07) is 1.49. The van der Waals surface area contributed by atoms with E-state index in [1.54, 1.807) is 6.92 Å². The molecule has 5 heteroatoms. The second kappa shape index (κ2) is 6.15. The molecule has 2 unspecified atom stereocenters. The number of carboxylic acid groups (broad SMARTS) is 1. The number of hydrogen-bond donors (Lipinski definition) is 2. The van der Waals surface area contributed by atoms with E-state index in [4.69, 9.17) is 9.52 Å². The molecule has 22 heavy (non-hydrogen) atoms. The zero-order chi connectivity index (χ0) is 15.7. The first kappa shape index (κ1) is 15.1. The van der Waals surface area contributed by atoms with E-state index in [9.17, 15) is 9.59 Å². The minimum Gasteiger partial charge on any atom is -0.478 e. The highest BCUT2D eigenvalue weighted by molar-refractivity contribution is 5.88. The highest BCUT2D eigenvalue weighted by atomic mass is 16.4. The van der Waals surface area contributed by atoms with Crippen LogP contribution in [0.1, 0.15) is 60.4 Å². The number of rotatable bonds is 5. The summed E-state index contributed by atoms with van der Waals surface area (Å²) >= 11 is 0. The monoisotopic (exact) mass is 305 g/mol. The van der Waals surface area contributed by atoms with Crippen LogP contribution in [-0.2, 0) is 11.3 Å². The first-order valence-corrected chi connectivity index (χ1v) is 8.16. The minimum atomic E-state index is -1.00. The summed E-state index contributed by atoms with van der Waals surface area (Å²) in [4.78, 5) is 23.2. The normalized spacial score (nSPS) is 25.0. The van der Waals surface area contributed by atoms with E-state index in [2.05, 4.69) is 5.32 Å². The highest BCUT2D eigenvalue weighted by Crippen LogP contribution is 2.49. The number of carbonyl (C=O) groups excluding carboxylic acids is 1. The molecule has 5 nitrogen and oxygen atoms in total. The number of carboxylic acids is 1. The third-order valence-electron chi connectivity index (χ3n) is 5.07. The van der Waals surface area contributed by atoms with Gasteiger partial charge in [-0.2, -0.15) is 0 Å². The van der Waals surface area contributed by atoms with E-state index in [0.717, 1.165) is 12.3 Å². The third-order valence-corrected chi connectivity index (χ3v) is 5.07. The first-order chi connectivity index (χ1) is 10.6.